The van der Waals surface area contributed by atoms with E-state index in [1.54, 1.807) is 7.11 Å². The summed E-state index contributed by atoms with van der Waals surface area (Å²) in [7, 11) is 1.67. The summed E-state index contributed by atoms with van der Waals surface area (Å²) in [6, 6.07) is 18.3. The summed E-state index contributed by atoms with van der Waals surface area (Å²) in [4.78, 5) is 0. The highest BCUT2D eigenvalue weighted by molar-refractivity contribution is 6.30. The number of allylic oxidation sites excluding steroid dienone is 1. The number of halogens is 1. The van der Waals surface area contributed by atoms with Crippen molar-refractivity contribution in [1.29, 1.82) is 0 Å². The second-order valence-corrected chi connectivity index (χ2v) is 7.81. The van der Waals surface area contributed by atoms with Crippen molar-refractivity contribution in [1.82, 2.24) is 0 Å². The molecule has 3 rings (SSSR count). The van der Waals surface area contributed by atoms with Crippen molar-refractivity contribution in [3.05, 3.63) is 100 Å². The van der Waals surface area contributed by atoms with Crippen molar-refractivity contribution < 1.29 is 9.47 Å². The van der Waals surface area contributed by atoms with Gasteiger partial charge in [0.05, 0.1) is 7.11 Å². The second-order valence-electron chi connectivity index (χ2n) is 7.37. The van der Waals surface area contributed by atoms with Gasteiger partial charge < -0.3 is 14.8 Å². The lowest BCUT2D eigenvalue weighted by Crippen LogP contribution is -2.05. The molecule has 0 radical (unpaired) electrons. The van der Waals surface area contributed by atoms with Crippen LogP contribution >= 0.6 is 11.6 Å². The van der Waals surface area contributed by atoms with Gasteiger partial charge in [-0.05, 0) is 67.3 Å². The van der Waals surface area contributed by atoms with E-state index in [0.717, 1.165) is 28.1 Å². The van der Waals surface area contributed by atoms with E-state index in [4.69, 9.17) is 21.1 Å². The molecule has 0 aliphatic rings. The summed E-state index contributed by atoms with van der Waals surface area (Å²) in [6.07, 6.45) is 2.57. The van der Waals surface area contributed by atoms with Gasteiger partial charge in [0.1, 0.15) is 6.61 Å². The molecule has 30 heavy (non-hydrogen) atoms. The van der Waals surface area contributed by atoms with E-state index >= 15 is 0 Å². The van der Waals surface area contributed by atoms with Gasteiger partial charge in [0.15, 0.2) is 11.5 Å². The molecule has 3 aromatic carbocycles. The van der Waals surface area contributed by atoms with Gasteiger partial charge in [-0.3, -0.25) is 0 Å². The Labute approximate surface area is 184 Å². The Bertz CT molecular complexity index is 1030. The van der Waals surface area contributed by atoms with Crippen LogP contribution < -0.4 is 14.8 Å². The quantitative estimate of drug-likeness (QED) is 0.382. The number of methoxy groups -OCH3 is 1. The van der Waals surface area contributed by atoms with Crippen LogP contribution in [-0.2, 0) is 19.6 Å². The van der Waals surface area contributed by atoms with Gasteiger partial charge in [-0.2, -0.15) is 0 Å². The second kappa shape index (κ2) is 10.2. The Morgan fingerprint density at radius 1 is 1.03 bits per heavy atom. The number of ether oxygens (including phenoxy) is 2. The van der Waals surface area contributed by atoms with Gasteiger partial charge in [0.2, 0.25) is 0 Å². The first-order valence-electron chi connectivity index (χ1n) is 9.99. The van der Waals surface area contributed by atoms with Crippen LogP contribution in [-0.4, -0.2) is 7.11 Å². The van der Waals surface area contributed by atoms with Crippen LogP contribution in [0.1, 0.15) is 27.8 Å². The van der Waals surface area contributed by atoms with Gasteiger partial charge in [0, 0.05) is 22.8 Å². The molecule has 3 aromatic rings. The van der Waals surface area contributed by atoms with E-state index in [1.807, 2.05) is 36.4 Å². The molecule has 3 nitrogen and oxygen atoms in total. The van der Waals surface area contributed by atoms with Crippen molar-refractivity contribution in [2.75, 3.05) is 12.4 Å². The Hall–Kier alpha value is -2.91. The Morgan fingerprint density at radius 2 is 1.87 bits per heavy atom. The fourth-order valence-corrected chi connectivity index (χ4v) is 3.65. The van der Waals surface area contributed by atoms with Crippen molar-refractivity contribution >= 4 is 17.3 Å². The highest BCUT2D eigenvalue weighted by Gasteiger charge is 2.13. The van der Waals surface area contributed by atoms with Gasteiger partial charge in [-0.1, -0.05) is 47.5 Å². The van der Waals surface area contributed by atoms with Gasteiger partial charge in [-0.25, -0.2) is 0 Å². The molecule has 156 valence electrons. The summed E-state index contributed by atoms with van der Waals surface area (Å²) in [5.41, 5.74) is 6.80. The molecule has 4 heteroatoms. The average molecular weight is 422 g/mol. The minimum absolute atomic E-state index is 0.418. The number of benzene rings is 3. The minimum atomic E-state index is 0.418. The highest BCUT2D eigenvalue weighted by atomic mass is 35.5. The Morgan fingerprint density at radius 3 is 2.57 bits per heavy atom. The summed E-state index contributed by atoms with van der Waals surface area (Å²) in [5.74, 6) is 1.46. The third-order valence-electron chi connectivity index (χ3n) is 4.91. The van der Waals surface area contributed by atoms with E-state index in [9.17, 15) is 0 Å². The number of hydrogen-bond donors (Lipinski definition) is 1. The van der Waals surface area contributed by atoms with E-state index in [2.05, 4.69) is 50.0 Å². The molecule has 0 aliphatic heterocycles. The monoisotopic (exact) mass is 421 g/mol. The number of aryl methyl sites for hydroxylation is 2. The van der Waals surface area contributed by atoms with E-state index in [0.29, 0.717) is 30.3 Å². The van der Waals surface area contributed by atoms with Gasteiger partial charge in [-0.15, -0.1) is 6.58 Å². The molecule has 0 atom stereocenters. The van der Waals surface area contributed by atoms with Crippen LogP contribution in [0.2, 0.25) is 5.02 Å². The molecular weight excluding hydrogens is 394 g/mol. The number of nitrogens with one attached hydrogen (secondary N) is 1. The lowest BCUT2D eigenvalue weighted by Gasteiger charge is -2.18. The lowest BCUT2D eigenvalue weighted by atomic mass is 10.0. The number of anilines is 1. The van der Waals surface area contributed by atoms with E-state index in [1.165, 1.54) is 11.1 Å². The molecule has 0 aromatic heterocycles. The SMILES string of the molecule is C=CCc1cc(CNc2ccc(C)cc2C)cc(OC)c1OCc1cccc(Cl)c1. The zero-order valence-electron chi connectivity index (χ0n) is 17.8. The van der Waals surface area contributed by atoms with Crippen molar-refractivity contribution in [3.63, 3.8) is 0 Å². The Kier molecular flexibility index (Phi) is 7.42. The molecule has 0 heterocycles. The largest absolute Gasteiger partial charge is 0.493 e. The van der Waals surface area contributed by atoms with Crippen LogP contribution in [0.5, 0.6) is 11.5 Å². The smallest absolute Gasteiger partial charge is 0.165 e. The molecule has 0 spiro atoms. The maximum Gasteiger partial charge on any atom is 0.165 e. The number of rotatable bonds is 9. The van der Waals surface area contributed by atoms with Gasteiger partial charge >= 0.3 is 0 Å². The lowest BCUT2D eigenvalue weighted by molar-refractivity contribution is 0.281. The summed E-state index contributed by atoms with van der Waals surface area (Å²) >= 11 is 6.09. The predicted octanol–water partition coefficient (Wildman–Crippen LogP) is 6.89. The van der Waals surface area contributed by atoms with E-state index in [-0.39, 0.29) is 0 Å². The van der Waals surface area contributed by atoms with Crippen molar-refractivity contribution in [2.45, 2.75) is 33.4 Å². The van der Waals surface area contributed by atoms with Crippen molar-refractivity contribution in [3.8, 4) is 11.5 Å². The molecule has 0 bridgehead atoms. The topological polar surface area (TPSA) is 30.5 Å². The normalized spacial score (nSPS) is 10.5. The first-order valence-corrected chi connectivity index (χ1v) is 10.4. The molecule has 0 saturated carbocycles. The predicted molar refractivity (Wildman–Crippen MR) is 126 cm³/mol. The van der Waals surface area contributed by atoms with Crippen molar-refractivity contribution in [2.24, 2.45) is 0 Å². The first kappa shape index (κ1) is 21.8. The first-order chi connectivity index (χ1) is 14.5. The summed E-state index contributed by atoms with van der Waals surface area (Å²) in [6.45, 7) is 9.23. The molecule has 0 aliphatic carbocycles. The fraction of sp³-hybridized carbons (Fsp3) is 0.231. The highest BCUT2D eigenvalue weighted by Crippen LogP contribution is 2.35. The maximum absolute atomic E-state index is 6.15. The van der Waals surface area contributed by atoms with Crippen LogP contribution in [0.4, 0.5) is 5.69 Å². The third kappa shape index (κ3) is 5.58. The molecule has 0 fully saturated rings. The number of hydrogen-bond acceptors (Lipinski definition) is 3. The average Bonchev–Trinajstić information content (AvgIpc) is 2.72. The zero-order valence-corrected chi connectivity index (χ0v) is 18.6. The molecule has 0 unspecified atom stereocenters. The minimum Gasteiger partial charge on any atom is -0.493 e. The third-order valence-corrected chi connectivity index (χ3v) is 5.15. The van der Waals surface area contributed by atoms with Crippen LogP contribution in [0.3, 0.4) is 0 Å². The van der Waals surface area contributed by atoms with Gasteiger partial charge in [0.25, 0.3) is 0 Å². The van der Waals surface area contributed by atoms with Crippen LogP contribution in [0.15, 0.2) is 67.3 Å². The molecule has 1 N–H and O–H groups in total. The zero-order chi connectivity index (χ0) is 21.5. The fourth-order valence-electron chi connectivity index (χ4n) is 3.44. The van der Waals surface area contributed by atoms with Crippen LogP contribution in [0, 0.1) is 13.8 Å². The Balaban J connectivity index is 1.82. The summed E-state index contributed by atoms with van der Waals surface area (Å²) in [5, 5.41) is 4.22. The maximum atomic E-state index is 6.15. The summed E-state index contributed by atoms with van der Waals surface area (Å²) < 4.78 is 11.8. The van der Waals surface area contributed by atoms with Crippen LogP contribution in [0.25, 0.3) is 0 Å². The van der Waals surface area contributed by atoms with E-state index < -0.39 is 0 Å². The molecule has 0 saturated heterocycles. The molecular formula is C26H28ClNO2. The standard InChI is InChI=1S/C26H28ClNO2/c1-5-7-22-13-21(16-28-24-11-10-18(2)12-19(24)3)15-25(29-4)26(22)30-17-20-8-6-9-23(27)14-20/h5-6,8-15,28H,1,7,16-17H2,2-4H3. The molecule has 0 amide bonds.